The number of rotatable bonds is 6. The summed E-state index contributed by atoms with van der Waals surface area (Å²) in [7, 11) is 0. The first kappa shape index (κ1) is 12.6. The average Bonchev–Trinajstić information content (AvgIpc) is 3.11. The van der Waals surface area contributed by atoms with Crippen LogP contribution in [0.5, 0.6) is 0 Å². The minimum Gasteiger partial charge on any atom is -0.309 e. The molecule has 0 bridgehead atoms. The molecular weight excluding hydrogens is 206 g/mol. The van der Waals surface area contributed by atoms with Crippen LogP contribution in [0.2, 0.25) is 0 Å². The Morgan fingerprint density at radius 1 is 1.18 bits per heavy atom. The third-order valence-electron chi connectivity index (χ3n) is 4.23. The molecule has 0 aromatic heterocycles. The van der Waals surface area contributed by atoms with E-state index >= 15 is 0 Å². The van der Waals surface area contributed by atoms with Crippen LogP contribution in [0.15, 0.2) is 30.3 Å². The van der Waals surface area contributed by atoms with E-state index in [2.05, 4.69) is 56.4 Å². The molecule has 2 rings (SSSR count). The summed E-state index contributed by atoms with van der Waals surface area (Å²) in [5.41, 5.74) is 2.05. The predicted molar refractivity (Wildman–Crippen MR) is 74.0 cm³/mol. The molecule has 1 unspecified atom stereocenters. The van der Waals surface area contributed by atoms with Crippen LogP contribution in [-0.4, -0.2) is 6.54 Å². The van der Waals surface area contributed by atoms with E-state index in [0.717, 1.165) is 0 Å². The molecule has 1 fully saturated rings. The summed E-state index contributed by atoms with van der Waals surface area (Å²) in [6.07, 6.45) is 4.14. The van der Waals surface area contributed by atoms with Crippen molar-refractivity contribution in [2.24, 2.45) is 11.3 Å². The molecule has 1 heteroatoms. The quantitative estimate of drug-likeness (QED) is 0.775. The lowest BCUT2D eigenvalue weighted by Crippen LogP contribution is -2.31. The minimum absolute atomic E-state index is 0.500. The molecule has 0 amide bonds. The van der Waals surface area contributed by atoms with Crippen LogP contribution in [-0.2, 0) is 0 Å². The third-order valence-corrected chi connectivity index (χ3v) is 4.23. The molecule has 0 radical (unpaired) electrons. The monoisotopic (exact) mass is 231 g/mol. The van der Waals surface area contributed by atoms with Gasteiger partial charge < -0.3 is 5.32 Å². The molecule has 0 saturated heterocycles. The molecule has 1 aromatic rings. The molecule has 17 heavy (non-hydrogen) atoms. The van der Waals surface area contributed by atoms with Crippen molar-refractivity contribution >= 4 is 0 Å². The lowest BCUT2D eigenvalue weighted by Gasteiger charge is -2.25. The van der Waals surface area contributed by atoms with Crippen LogP contribution in [0, 0.1) is 11.3 Å². The van der Waals surface area contributed by atoms with Gasteiger partial charge in [0.15, 0.2) is 0 Å². The summed E-state index contributed by atoms with van der Waals surface area (Å²) in [6.45, 7) is 8.11. The topological polar surface area (TPSA) is 12.0 Å². The van der Waals surface area contributed by atoms with Gasteiger partial charge in [0.05, 0.1) is 0 Å². The molecule has 1 atom stereocenters. The van der Waals surface area contributed by atoms with Crippen molar-refractivity contribution in [3.05, 3.63) is 35.9 Å². The van der Waals surface area contributed by atoms with E-state index in [-0.39, 0.29) is 0 Å². The molecule has 1 aliphatic carbocycles. The van der Waals surface area contributed by atoms with Crippen LogP contribution < -0.4 is 5.32 Å². The molecular formula is C16H25N. The number of benzene rings is 1. The maximum atomic E-state index is 3.79. The van der Waals surface area contributed by atoms with Gasteiger partial charge in [0.1, 0.15) is 0 Å². The van der Waals surface area contributed by atoms with Crippen molar-refractivity contribution in [3.63, 3.8) is 0 Å². The van der Waals surface area contributed by atoms with E-state index in [9.17, 15) is 0 Å². The summed E-state index contributed by atoms with van der Waals surface area (Å²) in [4.78, 5) is 0. The van der Waals surface area contributed by atoms with Gasteiger partial charge in [0.2, 0.25) is 0 Å². The molecule has 1 aromatic carbocycles. The summed E-state index contributed by atoms with van der Waals surface area (Å²) in [5, 5.41) is 3.79. The molecule has 0 aliphatic heterocycles. The molecule has 94 valence electrons. The largest absolute Gasteiger partial charge is 0.309 e. The van der Waals surface area contributed by atoms with E-state index in [1.807, 2.05) is 0 Å². The van der Waals surface area contributed by atoms with Gasteiger partial charge in [-0.2, -0.15) is 0 Å². The zero-order valence-electron chi connectivity index (χ0n) is 11.4. The van der Waals surface area contributed by atoms with Gasteiger partial charge in [-0.25, -0.2) is 0 Å². The van der Waals surface area contributed by atoms with Crippen molar-refractivity contribution in [2.45, 2.75) is 46.1 Å². The van der Waals surface area contributed by atoms with E-state index in [1.54, 1.807) is 0 Å². The SMILES string of the molecule is CCC1(CNC(c2ccccc2)C(C)C)CC1. The Labute approximate surface area is 106 Å². The Morgan fingerprint density at radius 2 is 1.82 bits per heavy atom. The number of hydrogen-bond donors (Lipinski definition) is 1. The van der Waals surface area contributed by atoms with Crippen LogP contribution in [0.4, 0.5) is 0 Å². The van der Waals surface area contributed by atoms with Gasteiger partial charge in [-0.1, -0.05) is 51.1 Å². The highest BCUT2D eigenvalue weighted by Crippen LogP contribution is 2.48. The van der Waals surface area contributed by atoms with E-state index in [0.29, 0.717) is 17.4 Å². The van der Waals surface area contributed by atoms with Crippen LogP contribution >= 0.6 is 0 Å². The Morgan fingerprint density at radius 3 is 2.29 bits per heavy atom. The minimum atomic E-state index is 0.500. The van der Waals surface area contributed by atoms with Gasteiger partial charge in [-0.15, -0.1) is 0 Å². The highest BCUT2D eigenvalue weighted by molar-refractivity contribution is 5.19. The predicted octanol–water partition coefficient (Wildman–Crippen LogP) is 4.16. The normalized spacial score (nSPS) is 19.3. The van der Waals surface area contributed by atoms with Crippen LogP contribution in [0.1, 0.15) is 51.6 Å². The summed E-state index contributed by atoms with van der Waals surface area (Å²) >= 11 is 0. The lowest BCUT2D eigenvalue weighted by atomic mass is 9.94. The molecule has 1 N–H and O–H groups in total. The molecule has 1 nitrogen and oxygen atoms in total. The van der Waals surface area contributed by atoms with Crippen molar-refractivity contribution in [2.75, 3.05) is 6.54 Å². The molecule has 1 saturated carbocycles. The van der Waals surface area contributed by atoms with Crippen LogP contribution in [0.25, 0.3) is 0 Å². The average molecular weight is 231 g/mol. The fourth-order valence-electron chi connectivity index (χ4n) is 2.56. The van der Waals surface area contributed by atoms with Crippen molar-refractivity contribution in [3.8, 4) is 0 Å². The number of nitrogens with one attached hydrogen (secondary N) is 1. The van der Waals surface area contributed by atoms with E-state index < -0.39 is 0 Å². The fourth-order valence-corrected chi connectivity index (χ4v) is 2.56. The maximum absolute atomic E-state index is 3.79. The first-order chi connectivity index (χ1) is 8.17. The second kappa shape index (κ2) is 5.22. The van der Waals surface area contributed by atoms with Gasteiger partial charge in [0.25, 0.3) is 0 Å². The van der Waals surface area contributed by atoms with Gasteiger partial charge in [0, 0.05) is 12.6 Å². The van der Waals surface area contributed by atoms with Crippen molar-refractivity contribution in [1.29, 1.82) is 0 Å². The van der Waals surface area contributed by atoms with Gasteiger partial charge in [-0.05, 0) is 36.2 Å². The fraction of sp³-hybridized carbons (Fsp3) is 0.625. The highest BCUT2D eigenvalue weighted by atomic mass is 14.9. The van der Waals surface area contributed by atoms with Gasteiger partial charge in [-0.3, -0.25) is 0 Å². The zero-order chi connectivity index (χ0) is 12.3. The highest BCUT2D eigenvalue weighted by Gasteiger charge is 2.40. The summed E-state index contributed by atoms with van der Waals surface area (Å²) < 4.78 is 0. The maximum Gasteiger partial charge on any atom is 0.0343 e. The smallest absolute Gasteiger partial charge is 0.0343 e. The molecule has 1 aliphatic rings. The van der Waals surface area contributed by atoms with E-state index in [1.165, 1.54) is 31.4 Å². The summed E-state index contributed by atoms with van der Waals surface area (Å²) in [6, 6.07) is 11.3. The van der Waals surface area contributed by atoms with Crippen LogP contribution in [0.3, 0.4) is 0 Å². The Kier molecular flexibility index (Phi) is 3.88. The first-order valence-electron chi connectivity index (χ1n) is 6.95. The van der Waals surface area contributed by atoms with Crippen molar-refractivity contribution < 1.29 is 0 Å². The van der Waals surface area contributed by atoms with E-state index in [4.69, 9.17) is 0 Å². The number of hydrogen-bond acceptors (Lipinski definition) is 1. The molecule has 0 heterocycles. The third kappa shape index (κ3) is 3.10. The van der Waals surface area contributed by atoms with Crippen molar-refractivity contribution in [1.82, 2.24) is 5.32 Å². The Hall–Kier alpha value is -0.820. The van der Waals surface area contributed by atoms with Gasteiger partial charge >= 0.3 is 0 Å². The standard InChI is InChI=1S/C16H25N/c1-4-16(10-11-16)12-17-15(13(2)3)14-8-6-5-7-9-14/h5-9,13,15,17H,4,10-12H2,1-3H3. The second-order valence-corrected chi connectivity index (χ2v) is 5.87. The Balaban J connectivity index is 1.99. The molecule has 0 spiro atoms. The first-order valence-corrected chi connectivity index (χ1v) is 6.95. The Bertz CT molecular complexity index is 338. The lowest BCUT2D eigenvalue weighted by molar-refractivity contribution is 0.352. The summed E-state index contributed by atoms with van der Waals surface area (Å²) in [5.74, 6) is 0.644. The second-order valence-electron chi connectivity index (χ2n) is 5.87. The zero-order valence-corrected chi connectivity index (χ0v) is 11.4.